The molecule has 0 heterocycles. The quantitative estimate of drug-likeness (QED) is 0.819. The lowest BCUT2D eigenvalue weighted by atomic mass is 9.93. The summed E-state index contributed by atoms with van der Waals surface area (Å²) in [7, 11) is 0. The highest BCUT2D eigenvalue weighted by Crippen LogP contribution is 2.23. The number of carbonyl (C=O) groups excluding carboxylic acids is 1. The molecule has 0 aliphatic heterocycles. The van der Waals surface area contributed by atoms with Crippen molar-refractivity contribution in [1.82, 2.24) is 0 Å². The molecule has 0 aromatic heterocycles. The van der Waals surface area contributed by atoms with Gasteiger partial charge in [-0.3, -0.25) is 4.79 Å². The topological polar surface area (TPSA) is 29.1 Å². The van der Waals surface area contributed by atoms with Gasteiger partial charge in [0.25, 0.3) is 0 Å². The van der Waals surface area contributed by atoms with Crippen LogP contribution in [0.3, 0.4) is 0 Å². The molecule has 1 aliphatic rings. The lowest BCUT2D eigenvalue weighted by Gasteiger charge is -2.17. The van der Waals surface area contributed by atoms with Crippen LogP contribution >= 0.6 is 15.9 Å². The molecule has 0 saturated carbocycles. The molecule has 1 aliphatic carbocycles. The predicted octanol–water partition coefficient (Wildman–Crippen LogP) is 4.05. The number of nitrogens with one attached hydrogen (secondary N) is 1. The van der Waals surface area contributed by atoms with E-state index in [1.807, 2.05) is 25.1 Å². The zero-order valence-corrected chi connectivity index (χ0v) is 11.5. The van der Waals surface area contributed by atoms with E-state index < -0.39 is 0 Å². The van der Waals surface area contributed by atoms with E-state index in [0.29, 0.717) is 0 Å². The van der Waals surface area contributed by atoms with Crippen LogP contribution in [-0.2, 0) is 4.79 Å². The number of aryl methyl sites for hydroxylation is 1. The highest BCUT2D eigenvalue weighted by Gasteiger charge is 2.18. The third-order valence-corrected chi connectivity index (χ3v) is 3.96. The van der Waals surface area contributed by atoms with E-state index >= 15 is 0 Å². The third-order valence-electron chi connectivity index (χ3n) is 3.07. The van der Waals surface area contributed by atoms with Crippen LogP contribution in [0.2, 0.25) is 0 Å². The molecule has 1 amide bonds. The number of hydrogen-bond acceptors (Lipinski definition) is 1. The van der Waals surface area contributed by atoms with Crippen molar-refractivity contribution in [3.05, 3.63) is 40.4 Å². The maximum Gasteiger partial charge on any atom is 0.227 e. The van der Waals surface area contributed by atoms with E-state index in [4.69, 9.17) is 0 Å². The number of anilines is 1. The fourth-order valence-electron chi connectivity index (χ4n) is 2.00. The maximum absolute atomic E-state index is 12.0. The van der Waals surface area contributed by atoms with Gasteiger partial charge in [0.15, 0.2) is 0 Å². The number of allylic oxidation sites excluding steroid dienone is 2. The standard InChI is InChI=1S/C14H16BrNO/c1-10-9-12(7-8-13(10)15)16-14(17)11-5-3-2-4-6-11/h2-3,7-9,11H,4-6H2,1H3,(H,16,17)/t11-/m1/s1. The molecule has 90 valence electrons. The number of halogens is 1. The Hall–Kier alpha value is -1.09. The summed E-state index contributed by atoms with van der Waals surface area (Å²) in [5, 5.41) is 2.99. The van der Waals surface area contributed by atoms with Crippen molar-refractivity contribution in [2.75, 3.05) is 5.32 Å². The summed E-state index contributed by atoms with van der Waals surface area (Å²) in [6.07, 6.45) is 7.07. The van der Waals surface area contributed by atoms with E-state index in [1.54, 1.807) is 0 Å². The normalized spacial score (nSPS) is 19.1. The van der Waals surface area contributed by atoms with Crippen LogP contribution in [-0.4, -0.2) is 5.91 Å². The Balaban J connectivity index is 2.02. The fraction of sp³-hybridized carbons (Fsp3) is 0.357. The van der Waals surface area contributed by atoms with Gasteiger partial charge < -0.3 is 5.32 Å². The predicted molar refractivity (Wildman–Crippen MR) is 74.0 cm³/mol. The molecule has 1 atom stereocenters. The van der Waals surface area contributed by atoms with Crippen molar-refractivity contribution < 1.29 is 4.79 Å². The van der Waals surface area contributed by atoms with Crippen LogP contribution in [0.5, 0.6) is 0 Å². The van der Waals surface area contributed by atoms with Crippen LogP contribution in [0.25, 0.3) is 0 Å². The zero-order valence-electron chi connectivity index (χ0n) is 9.87. The molecular formula is C14H16BrNO. The molecule has 2 nitrogen and oxygen atoms in total. The van der Waals surface area contributed by atoms with Crippen LogP contribution in [0.15, 0.2) is 34.8 Å². The first kappa shape index (κ1) is 12.4. The molecule has 0 radical (unpaired) electrons. The largest absolute Gasteiger partial charge is 0.326 e. The molecule has 0 bridgehead atoms. The summed E-state index contributed by atoms with van der Waals surface area (Å²) in [4.78, 5) is 12.0. The summed E-state index contributed by atoms with van der Waals surface area (Å²) in [5.74, 6) is 0.264. The molecule has 3 heteroatoms. The molecule has 0 unspecified atom stereocenters. The van der Waals surface area contributed by atoms with Crippen molar-refractivity contribution in [1.29, 1.82) is 0 Å². The second-order valence-corrected chi connectivity index (χ2v) is 5.29. The molecular weight excluding hydrogens is 278 g/mol. The van der Waals surface area contributed by atoms with Crippen LogP contribution in [0.4, 0.5) is 5.69 Å². The fourth-order valence-corrected chi connectivity index (χ4v) is 2.25. The van der Waals surface area contributed by atoms with Gasteiger partial charge in [-0.15, -0.1) is 0 Å². The van der Waals surface area contributed by atoms with Gasteiger partial charge in [0.05, 0.1) is 0 Å². The van der Waals surface area contributed by atoms with Gasteiger partial charge in [0.1, 0.15) is 0 Å². The molecule has 1 aromatic carbocycles. The van der Waals surface area contributed by atoms with E-state index in [2.05, 4.69) is 33.4 Å². The number of carbonyl (C=O) groups is 1. The van der Waals surface area contributed by atoms with Crippen LogP contribution < -0.4 is 5.32 Å². The van der Waals surface area contributed by atoms with E-state index in [0.717, 1.165) is 35.0 Å². The minimum Gasteiger partial charge on any atom is -0.326 e. The molecule has 0 fully saturated rings. The molecule has 17 heavy (non-hydrogen) atoms. The first-order valence-electron chi connectivity index (χ1n) is 5.89. The monoisotopic (exact) mass is 293 g/mol. The van der Waals surface area contributed by atoms with Crippen molar-refractivity contribution in [3.8, 4) is 0 Å². The van der Waals surface area contributed by atoms with E-state index in [-0.39, 0.29) is 11.8 Å². The van der Waals surface area contributed by atoms with Gasteiger partial charge in [0.2, 0.25) is 5.91 Å². The molecule has 0 saturated heterocycles. The average molecular weight is 294 g/mol. The Morgan fingerprint density at radius 2 is 2.24 bits per heavy atom. The van der Waals surface area contributed by atoms with Crippen molar-refractivity contribution in [2.24, 2.45) is 5.92 Å². The zero-order chi connectivity index (χ0) is 12.3. The Morgan fingerprint density at radius 1 is 1.41 bits per heavy atom. The second-order valence-electron chi connectivity index (χ2n) is 4.43. The first-order valence-corrected chi connectivity index (χ1v) is 6.68. The van der Waals surface area contributed by atoms with Crippen molar-refractivity contribution >= 4 is 27.5 Å². The molecule has 1 N–H and O–H groups in total. The van der Waals surface area contributed by atoms with Gasteiger partial charge in [-0.2, -0.15) is 0 Å². The number of hydrogen-bond donors (Lipinski definition) is 1. The van der Waals surface area contributed by atoms with E-state index in [9.17, 15) is 4.79 Å². The van der Waals surface area contributed by atoms with Gasteiger partial charge >= 0.3 is 0 Å². The van der Waals surface area contributed by atoms with Gasteiger partial charge in [-0.05, 0) is 49.9 Å². The summed E-state index contributed by atoms with van der Waals surface area (Å²) in [6.45, 7) is 2.02. The smallest absolute Gasteiger partial charge is 0.227 e. The van der Waals surface area contributed by atoms with Gasteiger partial charge in [0, 0.05) is 16.1 Å². The van der Waals surface area contributed by atoms with Crippen LogP contribution in [0, 0.1) is 12.8 Å². The SMILES string of the molecule is Cc1cc(NC(=O)[C@@H]2CC=CCC2)ccc1Br. The summed E-state index contributed by atoms with van der Waals surface area (Å²) < 4.78 is 1.07. The van der Waals surface area contributed by atoms with Crippen molar-refractivity contribution in [2.45, 2.75) is 26.2 Å². The molecule has 0 spiro atoms. The average Bonchev–Trinajstić information content (AvgIpc) is 2.35. The van der Waals surface area contributed by atoms with Crippen molar-refractivity contribution in [3.63, 3.8) is 0 Å². The highest BCUT2D eigenvalue weighted by atomic mass is 79.9. The van der Waals surface area contributed by atoms with Gasteiger partial charge in [-0.25, -0.2) is 0 Å². The third kappa shape index (κ3) is 3.19. The second kappa shape index (κ2) is 5.50. The first-order chi connectivity index (χ1) is 8.16. The summed E-state index contributed by atoms with van der Waals surface area (Å²) in [5.41, 5.74) is 2.01. The lowest BCUT2D eigenvalue weighted by molar-refractivity contribution is -0.120. The summed E-state index contributed by atoms with van der Waals surface area (Å²) >= 11 is 3.45. The Kier molecular flexibility index (Phi) is 4.00. The molecule has 1 aromatic rings. The minimum absolute atomic E-state index is 0.129. The number of amides is 1. The van der Waals surface area contributed by atoms with Crippen LogP contribution in [0.1, 0.15) is 24.8 Å². The minimum atomic E-state index is 0.129. The Morgan fingerprint density at radius 3 is 2.88 bits per heavy atom. The van der Waals surface area contributed by atoms with Gasteiger partial charge in [-0.1, -0.05) is 28.1 Å². The number of rotatable bonds is 2. The number of benzene rings is 1. The van der Waals surface area contributed by atoms with E-state index in [1.165, 1.54) is 0 Å². The lowest BCUT2D eigenvalue weighted by Crippen LogP contribution is -2.23. The highest BCUT2D eigenvalue weighted by molar-refractivity contribution is 9.10. The molecule has 2 rings (SSSR count). The summed E-state index contributed by atoms with van der Waals surface area (Å²) in [6, 6.07) is 5.88. The Labute approximate surface area is 110 Å². The maximum atomic E-state index is 12.0. The Bertz CT molecular complexity index is 454.